The highest BCUT2D eigenvalue weighted by molar-refractivity contribution is 5.81. The van der Waals surface area contributed by atoms with Gasteiger partial charge in [0.05, 0.1) is 6.61 Å². The summed E-state index contributed by atoms with van der Waals surface area (Å²) in [6.07, 6.45) is 0.690. The molecule has 3 heteroatoms. The lowest BCUT2D eigenvalue weighted by molar-refractivity contribution is -0.128. The summed E-state index contributed by atoms with van der Waals surface area (Å²) in [6.45, 7) is 2.14. The molecule has 0 radical (unpaired) electrons. The number of aldehydes is 1. The predicted molar refractivity (Wildman–Crippen MR) is 61.0 cm³/mol. The van der Waals surface area contributed by atoms with Gasteiger partial charge in [-0.1, -0.05) is 37.3 Å². The fourth-order valence-corrected chi connectivity index (χ4v) is 1.29. The number of hydrogen-bond donors (Lipinski definition) is 0. The Morgan fingerprint density at radius 2 is 2.06 bits per heavy atom. The van der Waals surface area contributed by atoms with E-state index in [2.05, 4.69) is 0 Å². The molecule has 0 aliphatic heterocycles. The molecular weight excluding hydrogens is 204 g/mol. The van der Waals surface area contributed by atoms with Crippen LogP contribution in [0.4, 0.5) is 0 Å². The molecule has 0 fully saturated rings. The van der Waals surface area contributed by atoms with E-state index in [-0.39, 0.29) is 12.2 Å². The van der Waals surface area contributed by atoms with Gasteiger partial charge in [-0.05, 0) is 5.56 Å². The molecule has 0 aromatic heterocycles. The average molecular weight is 220 g/mol. The molecule has 0 saturated carbocycles. The molecule has 16 heavy (non-hydrogen) atoms. The van der Waals surface area contributed by atoms with E-state index in [0.29, 0.717) is 19.3 Å². The largest absolute Gasteiger partial charge is 0.366 e. The Labute approximate surface area is 95.4 Å². The third-order valence-electron chi connectivity index (χ3n) is 2.28. The van der Waals surface area contributed by atoms with Crippen LogP contribution in [0.5, 0.6) is 0 Å². The quantitative estimate of drug-likeness (QED) is 0.661. The summed E-state index contributed by atoms with van der Waals surface area (Å²) in [5.74, 6) is 0.0464. The minimum Gasteiger partial charge on any atom is -0.366 e. The van der Waals surface area contributed by atoms with Crippen molar-refractivity contribution in [1.82, 2.24) is 0 Å². The Morgan fingerprint density at radius 3 is 2.62 bits per heavy atom. The van der Waals surface area contributed by atoms with Gasteiger partial charge in [-0.25, -0.2) is 0 Å². The molecule has 0 N–H and O–H groups in total. The van der Waals surface area contributed by atoms with E-state index >= 15 is 0 Å². The van der Waals surface area contributed by atoms with E-state index in [1.165, 1.54) is 0 Å². The highest BCUT2D eigenvalue weighted by Crippen LogP contribution is 2.05. The smallest absolute Gasteiger partial charge is 0.149 e. The SMILES string of the molecule is CCC(=O)C[C@H](C=O)OCc1ccccc1. The maximum absolute atomic E-state index is 11.2. The molecule has 1 rings (SSSR count). The summed E-state index contributed by atoms with van der Waals surface area (Å²) in [5.41, 5.74) is 0.998. The van der Waals surface area contributed by atoms with Crippen LogP contribution in [0.3, 0.4) is 0 Å². The second-order valence-corrected chi connectivity index (χ2v) is 3.57. The van der Waals surface area contributed by atoms with Crippen molar-refractivity contribution in [2.75, 3.05) is 0 Å². The number of carbonyl (C=O) groups is 2. The topological polar surface area (TPSA) is 43.4 Å². The highest BCUT2D eigenvalue weighted by atomic mass is 16.5. The van der Waals surface area contributed by atoms with Gasteiger partial charge in [0.15, 0.2) is 0 Å². The summed E-state index contributed by atoms with van der Waals surface area (Å²) in [4.78, 5) is 21.9. The van der Waals surface area contributed by atoms with Crippen LogP contribution in [0.25, 0.3) is 0 Å². The van der Waals surface area contributed by atoms with Gasteiger partial charge in [0.25, 0.3) is 0 Å². The zero-order valence-electron chi connectivity index (χ0n) is 9.39. The molecule has 1 aromatic rings. The van der Waals surface area contributed by atoms with Crippen molar-refractivity contribution in [3.05, 3.63) is 35.9 Å². The second-order valence-electron chi connectivity index (χ2n) is 3.57. The fourth-order valence-electron chi connectivity index (χ4n) is 1.29. The maximum Gasteiger partial charge on any atom is 0.149 e. The third kappa shape index (κ3) is 4.36. The van der Waals surface area contributed by atoms with Crippen molar-refractivity contribution in [2.24, 2.45) is 0 Å². The monoisotopic (exact) mass is 220 g/mol. The summed E-state index contributed by atoms with van der Waals surface area (Å²) in [7, 11) is 0. The zero-order chi connectivity index (χ0) is 11.8. The molecule has 1 aromatic carbocycles. The first-order chi connectivity index (χ1) is 7.76. The third-order valence-corrected chi connectivity index (χ3v) is 2.28. The molecule has 0 heterocycles. The van der Waals surface area contributed by atoms with Gasteiger partial charge in [0.1, 0.15) is 18.2 Å². The van der Waals surface area contributed by atoms with Gasteiger partial charge in [-0.15, -0.1) is 0 Å². The molecule has 0 bridgehead atoms. The zero-order valence-corrected chi connectivity index (χ0v) is 9.39. The molecule has 0 spiro atoms. The molecule has 0 amide bonds. The van der Waals surface area contributed by atoms with E-state index < -0.39 is 6.10 Å². The van der Waals surface area contributed by atoms with Gasteiger partial charge in [0, 0.05) is 12.8 Å². The van der Waals surface area contributed by atoms with Crippen LogP contribution < -0.4 is 0 Å². The van der Waals surface area contributed by atoms with Crippen LogP contribution in [0, 0.1) is 0 Å². The van der Waals surface area contributed by atoms with Crippen LogP contribution in [-0.2, 0) is 20.9 Å². The van der Waals surface area contributed by atoms with Crippen molar-refractivity contribution in [2.45, 2.75) is 32.5 Å². The first kappa shape index (κ1) is 12.6. The summed E-state index contributed by atoms with van der Waals surface area (Å²) < 4.78 is 5.36. The van der Waals surface area contributed by atoms with E-state index in [0.717, 1.165) is 5.56 Å². The highest BCUT2D eigenvalue weighted by Gasteiger charge is 2.12. The van der Waals surface area contributed by atoms with Crippen LogP contribution in [0.2, 0.25) is 0 Å². The Kier molecular flexibility index (Phi) is 5.43. The van der Waals surface area contributed by atoms with Crippen molar-refractivity contribution in [1.29, 1.82) is 0 Å². The molecule has 1 atom stereocenters. The minimum atomic E-state index is -0.618. The average Bonchev–Trinajstić information content (AvgIpc) is 2.35. The lowest BCUT2D eigenvalue weighted by Gasteiger charge is -2.10. The Balaban J connectivity index is 2.40. The number of ether oxygens (including phenoxy) is 1. The summed E-state index contributed by atoms with van der Waals surface area (Å²) in [5, 5.41) is 0. The number of benzene rings is 1. The van der Waals surface area contributed by atoms with Gasteiger partial charge in [0.2, 0.25) is 0 Å². The minimum absolute atomic E-state index is 0.0464. The first-order valence-corrected chi connectivity index (χ1v) is 5.38. The Hall–Kier alpha value is -1.48. The van der Waals surface area contributed by atoms with Gasteiger partial charge < -0.3 is 9.53 Å². The summed E-state index contributed by atoms with van der Waals surface area (Å²) >= 11 is 0. The lowest BCUT2D eigenvalue weighted by Crippen LogP contribution is -2.18. The normalized spacial score (nSPS) is 12.1. The predicted octanol–water partition coefficient (Wildman–Crippen LogP) is 2.14. The number of Topliss-reactive ketones (excluding diaryl/α,β-unsaturated/α-hetero) is 1. The maximum atomic E-state index is 11.2. The van der Waals surface area contributed by atoms with Crippen molar-refractivity contribution in [3.8, 4) is 0 Å². The van der Waals surface area contributed by atoms with Crippen LogP contribution >= 0.6 is 0 Å². The van der Waals surface area contributed by atoms with Crippen LogP contribution in [0.15, 0.2) is 30.3 Å². The Bertz CT molecular complexity index is 332. The molecule has 0 aliphatic carbocycles. The molecule has 0 saturated heterocycles. The number of rotatable bonds is 7. The van der Waals surface area contributed by atoms with E-state index in [4.69, 9.17) is 4.74 Å². The van der Waals surface area contributed by atoms with Gasteiger partial charge in [-0.3, -0.25) is 4.79 Å². The van der Waals surface area contributed by atoms with Gasteiger partial charge >= 0.3 is 0 Å². The van der Waals surface area contributed by atoms with Crippen molar-refractivity contribution < 1.29 is 14.3 Å². The lowest BCUT2D eigenvalue weighted by atomic mass is 10.1. The van der Waals surface area contributed by atoms with Gasteiger partial charge in [-0.2, -0.15) is 0 Å². The molecule has 3 nitrogen and oxygen atoms in total. The Morgan fingerprint density at radius 1 is 1.38 bits per heavy atom. The standard InChI is InChI=1S/C13H16O3/c1-2-12(15)8-13(9-14)16-10-11-6-4-3-5-7-11/h3-7,9,13H,2,8,10H2,1H3/t13-/m1/s1. The fraction of sp³-hybridized carbons (Fsp3) is 0.385. The van der Waals surface area contributed by atoms with Crippen LogP contribution in [-0.4, -0.2) is 18.2 Å². The first-order valence-electron chi connectivity index (χ1n) is 5.38. The van der Waals surface area contributed by atoms with E-state index in [1.807, 2.05) is 30.3 Å². The van der Waals surface area contributed by atoms with E-state index in [9.17, 15) is 9.59 Å². The second kappa shape index (κ2) is 6.90. The molecule has 86 valence electrons. The number of carbonyl (C=O) groups excluding carboxylic acids is 2. The molecule has 0 aliphatic rings. The number of ketones is 1. The molecule has 0 unspecified atom stereocenters. The van der Waals surface area contributed by atoms with Crippen LogP contribution in [0.1, 0.15) is 25.3 Å². The van der Waals surface area contributed by atoms with Crippen molar-refractivity contribution in [3.63, 3.8) is 0 Å². The van der Waals surface area contributed by atoms with E-state index in [1.54, 1.807) is 6.92 Å². The van der Waals surface area contributed by atoms with Crippen molar-refractivity contribution >= 4 is 12.1 Å². The summed E-state index contributed by atoms with van der Waals surface area (Å²) in [6, 6.07) is 9.58. The molecular formula is C13H16O3. The number of hydrogen-bond acceptors (Lipinski definition) is 3.